The number of carbonyl (C=O) groups is 7. The Balaban J connectivity index is 1.23. The monoisotopic (exact) mass is 842 g/mol. The molecule has 1 aliphatic rings. The Morgan fingerprint density at radius 1 is 0.883 bits per heavy atom. The van der Waals surface area contributed by atoms with E-state index in [0.29, 0.717) is 17.7 Å². The molecule has 4 amide bonds. The summed E-state index contributed by atoms with van der Waals surface area (Å²) < 4.78 is 57.3. The van der Waals surface area contributed by atoms with Gasteiger partial charge in [0.15, 0.2) is 5.79 Å². The molecule has 0 bridgehead atoms. The first kappa shape index (κ1) is 46.4. The molecule has 3 aromatic rings. The number of alkyl halides is 3. The Bertz CT molecular complexity index is 2170. The Hall–Kier alpha value is -6.28. The third-order valence-electron chi connectivity index (χ3n) is 9.17. The molecule has 0 unspecified atom stereocenters. The zero-order valence-electron chi connectivity index (χ0n) is 33.1. The van der Waals surface area contributed by atoms with Gasteiger partial charge in [-0.15, -0.1) is 0 Å². The summed E-state index contributed by atoms with van der Waals surface area (Å²) in [5.74, 6) is -6.26. The first-order chi connectivity index (χ1) is 28.3. The van der Waals surface area contributed by atoms with Crippen LogP contribution in [0.1, 0.15) is 74.7 Å². The number of anilines is 2. The van der Waals surface area contributed by atoms with Gasteiger partial charge < -0.3 is 30.2 Å². The smallest absolute Gasteiger partial charge is 0.467 e. The minimum atomic E-state index is -5.27. The molecular formula is C40H45F3N6O11. The average Bonchev–Trinajstić information content (AvgIpc) is 3.52. The number of rotatable bonds is 22. The van der Waals surface area contributed by atoms with E-state index in [0.717, 1.165) is 48.4 Å². The van der Waals surface area contributed by atoms with Crippen molar-refractivity contribution in [2.24, 2.45) is 0 Å². The van der Waals surface area contributed by atoms with Crippen molar-refractivity contribution in [1.82, 2.24) is 20.2 Å². The second-order valence-corrected chi connectivity index (χ2v) is 14.1. The van der Waals surface area contributed by atoms with E-state index in [-0.39, 0.29) is 97.1 Å². The number of aromatic amines is 1. The molecule has 1 aliphatic heterocycles. The number of nitrogens with two attached hydrogens (primary N) is 1. The molecule has 0 fully saturated rings. The summed E-state index contributed by atoms with van der Waals surface area (Å²) in [7, 11) is 1.10. The van der Waals surface area contributed by atoms with Crippen LogP contribution in [-0.4, -0.2) is 101 Å². The van der Waals surface area contributed by atoms with Crippen molar-refractivity contribution in [2.75, 3.05) is 37.5 Å². The van der Waals surface area contributed by atoms with Crippen LogP contribution in [0.15, 0.2) is 59.4 Å². The number of nitrogens with zero attached hydrogens (tertiary/aromatic N) is 3. The number of ketones is 2. The number of methoxy groups -OCH3 is 1. The van der Waals surface area contributed by atoms with Crippen molar-refractivity contribution in [3.63, 3.8) is 0 Å². The highest BCUT2D eigenvalue weighted by Crippen LogP contribution is 2.27. The number of aromatic nitrogens is 2. The third kappa shape index (κ3) is 13.4. The highest BCUT2D eigenvalue weighted by molar-refractivity contribution is 6.13. The van der Waals surface area contributed by atoms with E-state index in [2.05, 4.69) is 15.3 Å². The molecule has 20 heteroatoms. The van der Waals surface area contributed by atoms with Crippen molar-refractivity contribution >= 4 is 63.7 Å². The zero-order valence-corrected chi connectivity index (χ0v) is 33.1. The van der Waals surface area contributed by atoms with Crippen molar-refractivity contribution in [3.8, 4) is 0 Å². The molecule has 1 aromatic heterocycles. The number of imide groups is 1. The molecule has 4 N–H and O–H groups in total. The fourth-order valence-electron chi connectivity index (χ4n) is 6.00. The fourth-order valence-corrected chi connectivity index (χ4v) is 6.00. The number of amides is 4. The highest BCUT2D eigenvalue weighted by atomic mass is 19.4. The van der Waals surface area contributed by atoms with Gasteiger partial charge in [-0.1, -0.05) is 6.07 Å². The molecule has 0 spiro atoms. The summed E-state index contributed by atoms with van der Waals surface area (Å²) in [4.78, 5) is 106. The van der Waals surface area contributed by atoms with Crippen LogP contribution in [0, 0.1) is 0 Å². The Morgan fingerprint density at radius 2 is 1.48 bits per heavy atom. The molecule has 322 valence electrons. The van der Waals surface area contributed by atoms with Gasteiger partial charge in [-0.25, -0.2) is 9.78 Å². The molecule has 2 heterocycles. The number of Topliss-reactive ketones (excluding diaryl/α,β-unsaturated/α-hetero) is 2. The molecule has 0 aliphatic carbocycles. The van der Waals surface area contributed by atoms with Crippen molar-refractivity contribution < 1.29 is 60.9 Å². The number of benzene rings is 2. The van der Waals surface area contributed by atoms with Gasteiger partial charge in [0.2, 0.25) is 5.95 Å². The van der Waals surface area contributed by atoms with Crippen molar-refractivity contribution in [2.45, 2.75) is 83.3 Å². The highest BCUT2D eigenvalue weighted by Gasteiger charge is 2.43. The lowest BCUT2D eigenvalue weighted by Gasteiger charge is -2.25. The number of hydrogen-bond acceptors (Lipinski definition) is 13. The molecular weight excluding hydrogens is 797 g/mol. The number of fused-ring (bicyclic) bond motifs is 1. The van der Waals surface area contributed by atoms with Gasteiger partial charge in [0, 0.05) is 55.6 Å². The largest absolute Gasteiger partial charge is 0.471 e. The van der Waals surface area contributed by atoms with Crippen molar-refractivity contribution in [1.29, 1.82) is 0 Å². The van der Waals surface area contributed by atoms with Crippen LogP contribution in [-0.2, 0) is 49.5 Å². The Kier molecular flexibility index (Phi) is 15.9. The second kappa shape index (κ2) is 20.6. The number of hydrogen-bond donors (Lipinski definition) is 3. The van der Waals surface area contributed by atoms with Crippen LogP contribution in [0.25, 0.3) is 10.9 Å². The number of ether oxygens (including phenoxy) is 3. The topological polar surface area (TPSA) is 237 Å². The fraction of sp³-hybridized carbons (Fsp3) is 0.425. The van der Waals surface area contributed by atoms with Gasteiger partial charge in [-0.05, 0) is 75.1 Å². The minimum absolute atomic E-state index is 0.0196. The Labute approximate surface area is 341 Å². The van der Waals surface area contributed by atoms with E-state index in [4.69, 9.17) is 19.9 Å². The number of esters is 1. The molecule has 4 rings (SSSR count). The number of H-pyrrole nitrogens is 1. The van der Waals surface area contributed by atoms with Gasteiger partial charge in [0.05, 0.1) is 37.8 Å². The summed E-state index contributed by atoms with van der Waals surface area (Å²) in [5, 5.41) is 2.52. The van der Waals surface area contributed by atoms with E-state index < -0.39 is 59.7 Å². The van der Waals surface area contributed by atoms with E-state index >= 15 is 0 Å². The summed E-state index contributed by atoms with van der Waals surface area (Å²) >= 11 is 0. The SMILES string of the molecule is COC(=O)[C@H](CCC(=O)CCCOC(C)(C)OCCCC(=O)CCN1C(=O)C=CC1=O)NC(=O)c1ccc(N(Cc2ccc3nc(N)[nH]c(=O)c3c2)C(=O)C(F)(F)F)cc1. The molecule has 0 saturated heterocycles. The quantitative estimate of drug-likeness (QED) is 0.0570. The zero-order chi connectivity index (χ0) is 44.2. The van der Waals surface area contributed by atoms with Crippen LogP contribution < -0.4 is 21.5 Å². The average molecular weight is 843 g/mol. The summed E-state index contributed by atoms with van der Waals surface area (Å²) in [5.41, 5.74) is 5.00. The van der Waals surface area contributed by atoms with E-state index in [1.165, 1.54) is 18.2 Å². The van der Waals surface area contributed by atoms with Crippen LogP contribution in [0.2, 0.25) is 0 Å². The van der Waals surface area contributed by atoms with Gasteiger partial charge in [-0.3, -0.25) is 43.4 Å². The minimum Gasteiger partial charge on any atom is -0.467 e. The predicted molar refractivity (Wildman–Crippen MR) is 208 cm³/mol. The first-order valence-corrected chi connectivity index (χ1v) is 18.8. The van der Waals surface area contributed by atoms with Crippen LogP contribution in [0.4, 0.5) is 24.8 Å². The summed E-state index contributed by atoms with van der Waals surface area (Å²) in [6.45, 7) is 3.13. The van der Waals surface area contributed by atoms with Gasteiger partial charge in [0.1, 0.15) is 17.6 Å². The van der Waals surface area contributed by atoms with Crippen LogP contribution in [0.3, 0.4) is 0 Å². The van der Waals surface area contributed by atoms with Gasteiger partial charge in [-0.2, -0.15) is 13.2 Å². The molecule has 1 atom stereocenters. The van der Waals surface area contributed by atoms with Crippen LogP contribution >= 0.6 is 0 Å². The number of nitrogens with one attached hydrogen (secondary N) is 2. The molecule has 17 nitrogen and oxygen atoms in total. The van der Waals surface area contributed by atoms with Crippen molar-refractivity contribution in [3.05, 3.63) is 76.1 Å². The lowest BCUT2D eigenvalue weighted by atomic mass is 10.1. The molecule has 0 saturated carbocycles. The first-order valence-electron chi connectivity index (χ1n) is 18.8. The lowest BCUT2D eigenvalue weighted by Crippen LogP contribution is -2.42. The number of carbonyl (C=O) groups excluding carboxylic acids is 7. The predicted octanol–water partition coefficient (Wildman–Crippen LogP) is 3.44. The molecule has 2 aromatic carbocycles. The van der Waals surface area contributed by atoms with Gasteiger partial charge >= 0.3 is 18.1 Å². The van der Waals surface area contributed by atoms with Crippen LogP contribution in [0.5, 0.6) is 0 Å². The summed E-state index contributed by atoms with van der Waals surface area (Å²) in [6.07, 6.45) is -2.15. The summed E-state index contributed by atoms with van der Waals surface area (Å²) in [6, 6.07) is 7.36. The van der Waals surface area contributed by atoms with E-state index in [9.17, 15) is 51.5 Å². The number of halogens is 3. The second-order valence-electron chi connectivity index (χ2n) is 14.1. The van der Waals surface area contributed by atoms with Gasteiger partial charge in [0.25, 0.3) is 23.3 Å². The molecule has 0 radical (unpaired) electrons. The lowest BCUT2D eigenvalue weighted by molar-refractivity contribution is -0.214. The van der Waals surface area contributed by atoms with E-state index in [1.807, 2.05) is 0 Å². The third-order valence-corrected chi connectivity index (χ3v) is 9.17. The number of nitrogen functional groups attached to an aromatic ring is 1. The molecule has 60 heavy (non-hydrogen) atoms. The normalized spacial score (nSPS) is 13.4. The standard InChI is InChI=1S/C40H45F3N6O11/c1-39(2,60-21-5-7-28(51)18-19-48-32(52)16-17-33(48)53)59-20-4-6-27(50)13-15-31(36(56)58-3)45-34(54)25-9-11-26(12-10-25)49(37(57)40(41,42)43)23-24-8-14-30-29(22-24)35(55)47-38(44)46-30/h8-12,14,16-17,22,31H,4-7,13,15,18-21,23H2,1-3H3,(H,45,54)(H3,44,46,47,55)/t31-/m0/s1. The maximum Gasteiger partial charge on any atom is 0.471 e. The van der Waals surface area contributed by atoms with E-state index in [1.54, 1.807) is 13.8 Å². The Morgan fingerprint density at radius 3 is 2.07 bits per heavy atom. The maximum atomic E-state index is 13.7. The maximum absolute atomic E-state index is 13.7.